The summed E-state index contributed by atoms with van der Waals surface area (Å²) >= 11 is 3.23. The van der Waals surface area contributed by atoms with Crippen molar-refractivity contribution < 1.29 is 23.9 Å². The lowest BCUT2D eigenvalue weighted by molar-refractivity contribution is -0.168. The van der Waals surface area contributed by atoms with Gasteiger partial charge in [-0.3, -0.25) is 4.79 Å². The maximum atomic E-state index is 12.4. The lowest BCUT2D eigenvalue weighted by atomic mass is 9.92. The molecule has 8 heteroatoms. The Balaban J connectivity index is 3.31. The highest BCUT2D eigenvalue weighted by atomic mass is 79.9. The van der Waals surface area contributed by atoms with Gasteiger partial charge in [0.2, 0.25) is 11.4 Å². The summed E-state index contributed by atoms with van der Waals surface area (Å²) in [6, 6.07) is 5.05. The fraction of sp³-hybridized carbons (Fsp3) is 0.467. The third-order valence-electron chi connectivity index (χ3n) is 2.86. The second-order valence-corrected chi connectivity index (χ2v) is 5.47. The summed E-state index contributed by atoms with van der Waals surface area (Å²) in [6.45, 7) is 4.55. The summed E-state index contributed by atoms with van der Waals surface area (Å²) in [5.41, 5.74) is -1.54. The molecule has 0 saturated carbocycles. The third kappa shape index (κ3) is 5.02. The molecule has 126 valence electrons. The number of nitrogens with one attached hydrogen (secondary N) is 1. The molecule has 0 saturated heterocycles. The van der Waals surface area contributed by atoms with E-state index in [1.807, 2.05) is 0 Å². The van der Waals surface area contributed by atoms with E-state index in [0.717, 1.165) is 0 Å². The molecular weight excluding hydrogens is 368 g/mol. The van der Waals surface area contributed by atoms with Crippen molar-refractivity contribution in [3.63, 3.8) is 0 Å². The van der Waals surface area contributed by atoms with Crippen LogP contribution in [0.4, 0.5) is 0 Å². The first-order valence-corrected chi connectivity index (χ1v) is 7.89. The molecule has 0 unspecified atom stereocenters. The molecule has 7 nitrogen and oxygen atoms in total. The quantitative estimate of drug-likeness (QED) is 0.432. The number of carbonyl (C=O) groups is 3. The van der Waals surface area contributed by atoms with E-state index < -0.39 is 23.4 Å². The molecule has 0 atom stereocenters. The zero-order chi connectivity index (χ0) is 17.5. The largest absolute Gasteiger partial charge is 0.464 e. The van der Waals surface area contributed by atoms with E-state index in [-0.39, 0.29) is 19.6 Å². The zero-order valence-corrected chi connectivity index (χ0v) is 14.8. The molecule has 0 aliphatic heterocycles. The Kier molecular flexibility index (Phi) is 7.15. The monoisotopic (exact) mass is 386 g/mol. The molecule has 1 aromatic rings. The minimum atomic E-state index is -1.97. The van der Waals surface area contributed by atoms with Crippen LogP contribution in [0.15, 0.2) is 22.8 Å². The van der Waals surface area contributed by atoms with Crippen LogP contribution in [0.25, 0.3) is 0 Å². The van der Waals surface area contributed by atoms with Gasteiger partial charge in [-0.2, -0.15) is 0 Å². The van der Waals surface area contributed by atoms with E-state index in [9.17, 15) is 14.4 Å². The number of ether oxygens (including phenoxy) is 2. The number of carbonyl (C=O) groups excluding carboxylic acids is 3. The average molecular weight is 387 g/mol. The standard InChI is InChI=1S/C15H19BrN2O5/c1-4-22-13(20)15(18-10(3)19,14(21)23-5-2)9-11-7-6-8-12(16)17-11/h6-8H,4-5,9H2,1-3H3,(H,18,19). The topological polar surface area (TPSA) is 94.6 Å². The van der Waals surface area contributed by atoms with Gasteiger partial charge in [0.15, 0.2) is 0 Å². The van der Waals surface area contributed by atoms with Crippen LogP contribution in [0.3, 0.4) is 0 Å². The molecule has 0 aliphatic rings. The van der Waals surface area contributed by atoms with Crippen LogP contribution in [-0.2, 0) is 30.3 Å². The smallest absolute Gasteiger partial charge is 0.344 e. The van der Waals surface area contributed by atoms with E-state index in [2.05, 4.69) is 26.2 Å². The minimum Gasteiger partial charge on any atom is -0.464 e. The lowest BCUT2D eigenvalue weighted by Gasteiger charge is -2.29. The van der Waals surface area contributed by atoms with Gasteiger partial charge in [-0.05, 0) is 41.9 Å². The van der Waals surface area contributed by atoms with Crippen molar-refractivity contribution in [1.29, 1.82) is 0 Å². The Labute approximate surface area is 142 Å². The van der Waals surface area contributed by atoms with Gasteiger partial charge in [0, 0.05) is 19.0 Å². The second-order valence-electron chi connectivity index (χ2n) is 4.66. The van der Waals surface area contributed by atoms with Gasteiger partial charge in [-0.1, -0.05) is 6.07 Å². The van der Waals surface area contributed by atoms with E-state index in [1.54, 1.807) is 32.0 Å². The van der Waals surface area contributed by atoms with Crippen LogP contribution in [0.5, 0.6) is 0 Å². The highest BCUT2D eigenvalue weighted by Gasteiger charge is 2.50. The van der Waals surface area contributed by atoms with Gasteiger partial charge in [0.1, 0.15) is 4.60 Å². The van der Waals surface area contributed by atoms with Crippen LogP contribution in [-0.4, -0.2) is 41.6 Å². The summed E-state index contributed by atoms with van der Waals surface area (Å²) in [7, 11) is 0. The van der Waals surface area contributed by atoms with Crippen LogP contribution in [0, 0.1) is 0 Å². The summed E-state index contributed by atoms with van der Waals surface area (Å²) in [4.78, 5) is 40.6. The summed E-state index contributed by atoms with van der Waals surface area (Å²) in [6.07, 6.45) is -0.177. The molecule has 1 rings (SSSR count). The maximum Gasteiger partial charge on any atom is 0.344 e. The van der Waals surface area contributed by atoms with Crippen molar-refractivity contribution in [3.05, 3.63) is 28.5 Å². The molecule has 1 aromatic heterocycles. The lowest BCUT2D eigenvalue weighted by Crippen LogP contribution is -2.62. The zero-order valence-electron chi connectivity index (χ0n) is 13.2. The molecule has 1 amide bonds. The second kappa shape index (κ2) is 8.61. The number of nitrogens with zero attached hydrogens (tertiary/aromatic N) is 1. The van der Waals surface area contributed by atoms with Gasteiger partial charge in [0.05, 0.1) is 13.2 Å². The maximum absolute atomic E-state index is 12.4. The first kappa shape index (κ1) is 19.1. The Morgan fingerprint density at radius 1 is 1.17 bits per heavy atom. The highest BCUT2D eigenvalue weighted by molar-refractivity contribution is 9.10. The molecule has 1 heterocycles. The summed E-state index contributed by atoms with van der Waals surface area (Å²) in [5.74, 6) is -2.31. The predicted octanol–water partition coefficient (Wildman–Crippen LogP) is 1.39. The number of hydrogen-bond acceptors (Lipinski definition) is 6. The molecule has 0 radical (unpaired) electrons. The van der Waals surface area contributed by atoms with Gasteiger partial charge in [-0.15, -0.1) is 0 Å². The number of esters is 2. The van der Waals surface area contributed by atoms with Crippen molar-refractivity contribution in [3.8, 4) is 0 Å². The molecule has 0 spiro atoms. The SMILES string of the molecule is CCOC(=O)C(Cc1cccc(Br)n1)(NC(C)=O)C(=O)OCC. The average Bonchev–Trinajstić information content (AvgIpc) is 2.46. The molecular formula is C15H19BrN2O5. The van der Waals surface area contributed by atoms with Crippen molar-refractivity contribution in [2.45, 2.75) is 32.7 Å². The molecule has 0 aromatic carbocycles. The van der Waals surface area contributed by atoms with Crippen LogP contribution in [0.2, 0.25) is 0 Å². The number of halogens is 1. The molecule has 0 aliphatic carbocycles. The molecule has 23 heavy (non-hydrogen) atoms. The predicted molar refractivity (Wildman–Crippen MR) is 85.5 cm³/mol. The molecule has 1 N–H and O–H groups in total. The van der Waals surface area contributed by atoms with Crippen molar-refractivity contribution in [2.24, 2.45) is 0 Å². The van der Waals surface area contributed by atoms with Gasteiger partial charge >= 0.3 is 11.9 Å². The normalized spacial score (nSPS) is 10.8. The first-order chi connectivity index (χ1) is 10.9. The van der Waals surface area contributed by atoms with Crippen molar-refractivity contribution >= 4 is 33.8 Å². The Bertz CT molecular complexity index is 573. The minimum absolute atomic E-state index is 0.0610. The van der Waals surface area contributed by atoms with Crippen LogP contribution in [0.1, 0.15) is 26.5 Å². The van der Waals surface area contributed by atoms with E-state index in [1.165, 1.54) is 6.92 Å². The molecule has 0 fully saturated rings. The molecule has 0 bridgehead atoms. The number of pyridine rings is 1. The summed E-state index contributed by atoms with van der Waals surface area (Å²) in [5, 5.41) is 2.39. The van der Waals surface area contributed by atoms with E-state index in [0.29, 0.717) is 10.3 Å². The number of hydrogen-bond donors (Lipinski definition) is 1. The fourth-order valence-corrected chi connectivity index (χ4v) is 2.38. The first-order valence-electron chi connectivity index (χ1n) is 7.10. The highest BCUT2D eigenvalue weighted by Crippen LogP contribution is 2.19. The van der Waals surface area contributed by atoms with Gasteiger partial charge in [0.25, 0.3) is 0 Å². The number of rotatable bonds is 7. The van der Waals surface area contributed by atoms with Crippen molar-refractivity contribution in [1.82, 2.24) is 10.3 Å². The van der Waals surface area contributed by atoms with E-state index in [4.69, 9.17) is 9.47 Å². The van der Waals surface area contributed by atoms with Crippen molar-refractivity contribution in [2.75, 3.05) is 13.2 Å². The fourth-order valence-electron chi connectivity index (χ4n) is 2.00. The number of amides is 1. The van der Waals surface area contributed by atoms with E-state index >= 15 is 0 Å². The van der Waals surface area contributed by atoms with Crippen LogP contribution < -0.4 is 5.32 Å². The Morgan fingerprint density at radius 2 is 1.74 bits per heavy atom. The van der Waals surface area contributed by atoms with Crippen LogP contribution >= 0.6 is 15.9 Å². The van der Waals surface area contributed by atoms with Gasteiger partial charge < -0.3 is 14.8 Å². The summed E-state index contributed by atoms with van der Waals surface area (Å²) < 4.78 is 10.5. The van der Waals surface area contributed by atoms with Gasteiger partial charge in [-0.25, -0.2) is 14.6 Å². The Hall–Kier alpha value is -1.96. The number of aromatic nitrogens is 1. The third-order valence-corrected chi connectivity index (χ3v) is 3.30. The Morgan fingerprint density at radius 3 is 2.17 bits per heavy atom.